The van der Waals surface area contributed by atoms with Crippen molar-refractivity contribution in [2.24, 2.45) is 11.1 Å². The molecule has 2 aliphatic rings. The number of rotatable bonds is 1. The van der Waals surface area contributed by atoms with Gasteiger partial charge in [-0.05, 0) is 20.8 Å². The van der Waals surface area contributed by atoms with Gasteiger partial charge in [0.2, 0.25) is 0 Å². The van der Waals surface area contributed by atoms with E-state index in [1.165, 1.54) is 4.90 Å². The molecule has 0 aromatic rings. The largest absolute Gasteiger partial charge is 0.477 e. The quantitative estimate of drug-likeness (QED) is 0.770. The third-order valence-corrected chi connectivity index (χ3v) is 3.06. The fourth-order valence-corrected chi connectivity index (χ4v) is 2.20. The predicted octanol–water partition coefficient (Wildman–Crippen LogP) is 1.08. The van der Waals surface area contributed by atoms with Gasteiger partial charge in [0.15, 0.2) is 5.71 Å². The molecule has 2 unspecified atom stereocenters. The lowest BCUT2D eigenvalue weighted by molar-refractivity contribution is -0.129. The van der Waals surface area contributed by atoms with E-state index in [1.807, 2.05) is 0 Å². The molecule has 1 amide bonds. The van der Waals surface area contributed by atoms with Crippen LogP contribution in [0.5, 0.6) is 0 Å². The van der Waals surface area contributed by atoms with Crippen LogP contribution < -0.4 is 0 Å². The maximum atomic E-state index is 12.0. The summed E-state index contributed by atoms with van der Waals surface area (Å²) >= 11 is 0. The highest BCUT2D eigenvalue weighted by atomic mass is 16.6. The van der Waals surface area contributed by atoms with Crippen molar-refractivity contribution < 1.29 is 24.3 Å². The van der Waals surface area contributed by atoms with Gasteiger partial charge in [0, 0.05) is 19.5 Å². The van der Waals surface area contributed by atoms with Crippen LogP contribution in [0.4, 0.5) is 4.79 Å². The summed E-state index contributed by atoms with van der Waals surface area (Å²) in [7, 11) is 0. The number of carboxylic acids is 1. The highest BCUT2D eigenvalue weighted by Gasteiger charge is 2.43. The normalized spacial score (nSPS) is 26.3. The van der Waals surface area contributed by atoms with Crippen LogP contribution in [-0.4, -0.2) is 52.6 Å². The number of amides is 1. The monoisotopic (exact) mass is 270 g/mol. The van der Waals surface area contributed by atoms with Gasteiger partial charge in [0.1, 0.15) is 11.7 Å². The Hall–Kier alpha value is -1.79. The van der Waals surface area contributed by atoms with Crippen molar-refractivity contribution in [3.63, 3.8) is 0 Å². The van der Waals surface area contributed by atoms with E-state index in [0.29, 0.717) is 13.0 Å². The predicted molar refractivity (Wildman–Crippen MR) is 65.9 cm³/mol. The van der Waals surface area contributed by atoms with Gasteiger partial charge in [-0.15, -0.1) is 0 Å². The summed E-state index contributed by atoms with van der Waals surface area (Å²) in [6.45, 7) is 6.13. The molecule has 0 bridgehead atoms. The molecule has 106 valence electrons. The van der Waals surface area contributed by atoms with Crippen molar-refractivity contribution in [3.8, 4) is 0 Å². The van der Waals surface area contributed by atoms with Gasteiger partial charge in [-0.2, -0.15) is 0 Å². The maximum Gasteiger partial charge on any atom is 0.410 e. The van der Waals surface area contributed by atoms with Crippen molar-refractivity contribution >= 4 is 17.8 Å². The Bertz CT molecular complexity index is 426. The lowest BCUT2D eigenvalue weighted by atomic mass is 9.91. The molecule has 7 nitrogen and oxygen atoms in total. The Labute approximate surface area is 111 Å². The van der Waals surface area contributed by atoms with Gasteiger partial charge < -0.3 is 19.6 Å². The highest BCUT2D eigenvalue weighted by Crippen LogP contribution is 2.28. The van der Waals surface area contributed by atoms with E-state index in [0.717, 1.165) is 0 Å². The van der Waals surface area contributed by atoms with E-state index < -0.39 is 17.7 Å². The zero-order chi connectivity index (χ0) is 14.2. The van der Waals surface area contributed by atoms with Gasteiger partial charge in [-0.3, -0.25) is 0 Å². The van der Waals surface area contributed by atoms with Crippen LogP contribution in [0, 0.1) is 5.92 Å². The number of carbonyl (C=O) groups is 2. The number of aliphatic carboxylic acids is 1. The third kappa shape index (κ3) is 2.97. The number of hydrogen-bond acceptors (Lipinski definition) is 5. The maximum absolute atomic E-state index is 12.0. The molecule has 2 aliphatic heterocycles. The fourth-order valence-electron chi connectivity index (χ4n) is 2.20. The second kappa shape index (κ2) is 4.71. The lowest BCUT2D eigenvalue weighted by Crippen LogP contribution is -2.49. The number of ether oxygens (including phenoxy) is 1. The molecule has 0 spiro atoms. The first-order chi connectivity index (χ1) is 8.78. The molecule has 0 aromatic heterocycles. The Kier molecular flexibility index (Phi) is 3.38. The van der Waals surface area contributed by atoms with Crippen LogP contribution in [0.1, 0.15) is 27.2 Å². The van der Waals surface area contributed by atoms with E-state index >= 15 is 0 Å². The number of oxime groups is 1. The van der Waals surface area contributed by atoms with Crippen LogP contribution in [0.2, 0.25) is 0 Å². The van der Waals surface area contributed by atoms with E-state index in [9.17, 15) is 9.59 Å². The Morgan fingerprint density at radius 1 is 1.47 bits per heavy atom. The molecule has 1 N–H and O–H groups in total. The van der Waals surface area contributed by atoms with Crippen LogP contribution >= 0.6 is 0 Å². The Balaban J connectivity index is 2.02. The number of likely N-dealkylation sites (tertiary alicyclic amines) is 1. The minimum Gasteiger partial charge on any atom is -0.477 e. The first kappa shape index (κ1) is 13.6. The van der Waals surface area contributed by atoms with Crippen molar-refractivity contribution in [2.45, 2.75) is 38.9 Å². The van der Waals surface area contributed by atoms with E-state index in [2.05, 4.69) is 5.16 Å². The van der Waals surface area contributed by atoms with Crippen molar-refractivity contribution in [1.82, 2.24) is 4.90 Å². The van der Waals surface area contributed by atoms with Crippen molar-refractivity contribution in [3.05, 3.63) is 0 Å². The minimum absolute atomic E-state index is 0.0155. The van der Waals surface area contributed by atoms with Crippen LogP contribution in [-0.2, 0) is 14.4 Å². The molecule has 2 atom stereocenters. The summed E-state index contributed by atoms with van der Waals surface area (Å²) < 4.78 is 5.28. The minimum atomic E-state index is -1.10. The summed E-state index contributed by atoms with van der Waals surface area (Å²) in [5.41, 5.74) is -0.581. The van der Waals surface area contributed by atoms with Crippen LogP contribution in [0.15, 0.2) is 5.16 Å². The molecule has 2 rings (SSSR count). The first-order valence-electron chi connectivity index (χ1n) is 6.23. The molecule has 0 aliphatic carbocycles. The van der Waals surface area contributed by atoms with E-state index in [-0.39, 0.29) is 24.3 Å². The van der Waals surface area contributed by atoms with Crippen molar-refractivity contribution in [1.29, 1.82) is 0 Å². The molecule has 1 saturated heterocycles. The number of fused-ring (bicyclic) bond motifs is 1. The molecule has 2 heterocycles. The molecular formula is C12H18N2O5. The molecule has 19 heavy (non-hydrogen) atoms. The Morgan fingerprint density at radius 2 is 2.16 bits per heavy atom. The lowest BCUT2D eigenvalue weighted by Gasteiger charge is -2.34. The molecule has 1 fully saturated rings. The zero-order valence-electron chi connectivity index (χ0n) is 11.3. The van der Waals surface area contributed by atoms with Crippen molar-refractivity contribution in [2.75, 3.05) is 13.1 Å². The number of piperidine rings is 1. The number of carbonyl (C=O) groups excluding carboxylic acids is 1. The second-order valence-corrected chi connectivity index (χ2v) is 5.75. The van der Waals surface area contributed by atoms with Gasteiger partial charge in [0.25, 0.3) is 0 Å². The fraction of sp³-hybridized carbons (Fsp3) is 0.750. The Morgan fingerprint density at radius 3 is 2.74 bits per heavy atom. The third-order valence-electron chi connectivity index (χ3n) is 3.06. The number of nitrogens with zero attached hydrogens (tertiary/aromatic N) is 2. The molecular weight excluding hydrogens is 252 g/mol. The average molecular weight is 270 g/mol. The second-order valence-electron chi connectivity index (χ2n) is 5.75. The van der Waals surface area contributed by atoms with Crippen LogP contribution in [0.25, 0.3) is 0 Å². The van der Waals surface area contributed by atoms with Gasteiger partial charge >= 0.3 is 12.1 Å². The molecule has 7 heteroatoms. The smallest absolute Gasteiger partial charge is 0.410 e. The summed E-state index contributed by atoms with van der Waals surface area (Å²) in [5.74, 6) is -1.47. The van der Waals surface area contributed by atoms with Gasteiger partial charge in [0.05, 0.1) is 5.92 Å². The summed E-state index contributed by atoms with van der Waals surface area (Å²) in [6.07, 6.45) is -0.114. The summed E-state index contributed by atoms with van der Waals surface area (Å²) in [4.78, 5) is 29.6. The first-order valence-corrected chi connectivity index (χ1v) is 6.23. The molecule has 0 saturated carbocycles. The van der Waals surface area contributed by atoms with Gasteiger partial charge in [-0.1, -0.05) is 5.16 Å². The standard InChI is InChI=1S/C12H18N2O5/c1-12(2,3)18-11(17)14-5-4-8-7(6-14)9(10(15)16)13-19-8/h7-8H,4-6H2,1-3H3,(H,15,16). The summed E-state index contributed by atoms with van der Waals surface area (Å²) in [5, 5.41) is 12.6. The topological polar surface area (TPSA) is 88.4 Å². The number of hydrogen-bond donors (Lipinski definition) is 1. The van der Waals surface area contributed by atoms with Gasteiger partial charge in [-0.25, -0.2) is 9.59 Å². The molecule has 0 radical (unpaired) electrons. The zero-order valence-corrected chi connectivity index (χ0v) is 11.3. The summed E-state index contributed by atoms with van der Waals surface area (Å²) in [6, 6.07) is 0. The van der Waals surface area contributed by atoms with E-state index in [4.69, 9.17) is 14.7 Å². The van der Waals surface area contributed by atoms with Crippen LogP contribution in [0.3, 0.4) is 0 Å². The van der Waals surface area contributed by atoms with E-state index in [1.54, 1.807) is 20.8 Å². The molecule has 0 aromatic carbocycles. The number of carboxylic acid groups (broad SMARTS) is 1. The highest BCUT2D eigenvalue weighted by molar-refractivity contribution is 6.36. The SMILES string of the molecule is CC(C)(C)OC(=O)N1CCC2ON=C(C(=O)O)C2C1. The average Bonchev–Trinajstić information content (AvgIpc) is 2.68.